The van der Waals surface area contributed by atoms with Crippen LogP contribution in [-0.4, -0.2) is 72.1 Å². The van der Waals surface area contributed by atoms with E-state index in [1.165, 1.54) is 14.0 Å². The van der Waals surface area contributed by atoms with E-state index in [2.05, 4.69) is 4.99 Å². The zero-order valence-corrected chi connectivity index (χ0v) is 15.5. The lowest BCUT2D eigenvalue weighted by atomic mass is 9.97. The first-order valence-corrected chi connectivity index (χ1v) is 9.64. The van der Waals surface area contributed by atoms with Crippen LogP contribution in [0.2, 0.25) is 0 Å². The van der Waals surface area contributed by atoms with Gasteiger partial charge in [-0.3, -0.25) is 14.6 Å². The highest BCUT2D eigenvalue weighted by Gasteiger charge is 2.69. The number of nitrogens with zero attached hydrogens (tertiary/aromatic N) is 2. The summed E-state index contributed by atoms with van der Waals surface area (Å²) in [7, 11) is -2.48. The van der Waals surface area contributed by atoms with E-state index >= 15 is 0 Å². The number of hydrogen-bond donors (Lipinski definition) is 1. The maximum atomic E-state index is 12.7. The van der Waals surface area contributed by atoms with E-state index in [4.69, 9.17) is 4.74 Å². The summed E-state index contributed by atoms with van der Waals surface area (Å²) >= 11 is 0. The number of carbonyl (C=O) groups excluding carboxylic acids is 2. The second-order valence-corrected chi connectivity index (χ2v) is 9.06. The van der Waals surface area contributed by atoms with Crippen molar-refractivity contribution in [3.05, 3.63) is 29.8 Å². The van der Waals surface area contributed by atoms with Gasteiger partial charge in [0.1, 0.15) is 22.4 Å². The first-order chi connectivity index (χ1) is 12.6. The molecule has 2 aliphatic heterocycles. The zero-order chi connectivity index (χ0) is 20.0. The fourth-order valence-corrected chi connectivity index (χ4v) is 5.62. The summed E-state index contributed by atoms with van der Waals surface area (Å²) in [6.45, 7) is 0.871. The number of β-lactam (4-membered cyclic amide) rings is 1. The standard InChI is InChI=1S/C17H18N2O7S/c1-17(9-18-8-12(20)10-3-5-11(26-2)6-4-10)15(16(22)23)19-13(21)7-14(19)27(17,24)25/h3-6,9,14-15H,7-8H2,1-2H3,(H,22,23)/t14-,15+,17+/m1/s1. The number of carboxylic acids is 1. The van der Waals surface area contributed by atoms with Crippen molar-refractivity contribution in [1.29, 1.82) is 0 Å². The molecule has 0 aromatic heterocycles. The van der Waals surface area contributed by atoms with E-state index in [9.17, 15) is 27.9 Å². The van der Waals surface area contributed by atoms with Crippen molar-refractivity contribution in [2.75, 3.05) is 13.7 Å². The number of carbonyl (C=O) groups is 3. The van der Waals surface area contributed by atoms with Gasteiger partial charge in [-0.15, -0.1) is 0 Å². The summed E-state index contributed by atoms with van der Waals surface area (Å²) in [6.07, 6.45) is 0.745. The summed E-state index contributed by atoms with van der Waals surface area (Å²) < 4.78 is 28.5. The van der Waals surface area contributed by atoms with Gasteiger partial charge in [0.25, 0.3) is 0 Å². The molecule has 0 radical (unpaired) electrons. The molecule has 3 rings (SSSR count). The van der Waals surface area contributed by atoms with Crippen molar-refractivity contribution in [2.45, 2.75) is 29.5 Å². The molecule has 2 fully saturated rings. The second kappa shape index (κ2) is 6.45. The van der Waals surface area contributed by atoms with Gasteiger partial charge in [0, 0.05) is 11.8 Å². The van der Waals surface area contributed by atoms with Gasteiger partial charge in [-0.2, -0.15) is 0 Å². The number of Topliss-reactive ketones (excluding diaryl/α,β-unsaturated/α-hetero) is 1. The van der Waals surface area contributed by atoms with Crippen LogP contribution in [0.3, 0.4) is 0 Å². The summed E-state index contributed by atoms with van der Waals surface area (Å²) in [5.41, 5.74) is 0.362. The van der Waals surface area contributed by atoms with Crippen LogP contribution in [0.1, 0.15) is 23.7 Å². The van der Waals surface area contributed by atoms with E-state index < -0.39 is 37.9 Å². The Morgan fingerprint density at radius 2 is 2.00 bits per heavy atom. The van der Waals surface area contributed by atoms with Gasteiger partial charge in [-0.05, 0) is 31.2 Å². The molecule has 2 aliphatic rings. The number of ether oxygens (including phenoxy) is 1. The Bertz CT molecular complexity index is 939. The minimum absolute atomic E-state index is 0.236. The number of benzene rings is 1. The summed E-state index contributed by atoms with van der Waals surface area (Å²) in [5, 5.41) is 8.31. The second-order valence-electron chi connectivity index (χ2n) is 6.55. The van der Waals surface area contributed by atoms with Crippen LogP contribution in [0, 0.1) is 0 Å². The number of hydrogen-bond acceptors (Lipinski definition) is 7. The Labute approximate surface area is 155 Å². The van der Waals surface area contributed by atoms with E-state index in [0.29, 0.717) is 11.3 Å². The molecule has 144 valence electrons. The third-order valence-electron chi connectivity index (χ3n) is 4.97. The van der Waals surface area contributed by atoms with Crippen molar-refractivity contribution in [1.82, 2.24) is 4.90 Å². The molecule has 0 spiro atoms. The number of aliphatic imine (C=N–C) groups is 1. The first kappa shape index (κ1) is 19.0. The molecule has 27 heavy (non-hydrogen) atoms. The Kier molecular flexibility index (Phi) is 4.54. The van der Waals surface area contributed by atoms with Crippen molar-refractivity contribution in [3.8, 4) is 5.75 Å². The fourth-order valence-electron chi connectivity index (χ4n) is 3.38. The van der Waals surface area contributed by atoms with Crippen LogP contribution in [0.4, 0.5) is 0 Å². The van der Waals surface area contributed by atoms with Gasteiger partial charge < -0.3 is 14.7 Å². The molecule has 1 N–H and O–H groups in total. The fraction of sp³-hybridized carbons (Fsp3) is 0.412. The van der Waals surface area contributed by atoms with Crippen LogP contribution in [0.25, 0.3) is 0 Å². The number of sulfone groups is 1. The lowest BCUT2D eigenvalue weighted by molar-refractivity contribution is -0.156. The van der Waals surface area contributed by atoms with E-state index in [1.807, 2.05) is 0 Å². The predicted octanol–water partition coefficient (Wildman–Crippen LogP) is 0.147. The molecule has 0 aliphatic carbocycles. The molecule has 3 atom stereocenters. The molecule has 0 bridgehead atoms. The van der Waals surface area contributed by atoms with E-state index in [1.54, 1.807) is 24.3 Å². The van der Waals surface area contributed by atoms with Gasteiger partial charge in [-0.25, -0.2) is 13.2 Å². The lowest BCUT2D eigenvalue weighted by Gasteiger charge is -2.35. The normalized spacial score (nSPS) is 28.7. The Hall–Kier alpha value is -2.75. The van der Waals surface area contributed by atoms with Crippen molar-refractivity contribution in [2.24, 2.45) is 4.99 Å². The summed E-state index contributed by atoms with van der Waals surface area (Å²) in [6, 6.07) is 4.76. The summed E-state index contributed by atoms with van der Waals surface area (Å²) in [5.74, 6) is -1.73. The third-order valence-corrected chi connectivity index (χ3v) is 7.63. The monoisotopic (exact) mass is 394 g/mol. The lowest BCUT2D eigenvalue weighted by Crippen LogP contribution is -2.57. The number of amides is 1. The number of methoxy groups -OCH3 is 1. The average molecular weight is 394 g/mol. The topological polar surface area (TPSA) is 130 Å². The van der Waals surface area contributed by atoms with Gasteiger partial charge in [0.2, 0.25) is 5.91 Å². The predicted molar refractivity (Wildman–Crippen MR) is 94.7 cm³/mol. The maximum Gasteiger partial charge on any atom is 0.328 e. The molecule has 1 aromatic carbocycles. The molecule has 2 heterocycles. The maximum absolute atomic E-state index is 12.7. The highest BCUT2D eigenvalue weighted by molar-refractivity contribution is 7.94. The van der Waals surface area contributed by atoms with Crippen LogP contribution in [0.15, 0.2) is 29.3 Å². The van der Waals surface area contributed by atoms with Crippen LogP contribution < -0.4 is 4.74 Å². The zero-order valence-electron chi connectivity index (χ0n) is 14.7. The molecule has 9 nitrogen and oxygen atoms in total. The smallest absolute Gasteiger partial charge is 0.328 e. The third kappa shape index (κ3) is 2.80. The minimum atomic E-state index is -3.98. The Balaban J connectivity index is 1.82. The average Bonchev–Trinajstić information content (AvgIpc) is 2.76. The van der Waals surface area contributed by atoms with Crippen LogP contribution in [-0.2, 0) is 19.4 Å². The molecule has 10 heteroatoms. The molecule has 0 saturated carbocycles. The van der Waals surface area contributed by atoms with Crippen molar-refractivity contribution >= 4 is 33.7 Å². The van der Waals surface area contributed by atoms with Crippen LogP contribution in [0.5, 0.6) is 5.75 Å². The largest absolute Gasteiger partial charge is 0.497 e. The first-order valence-electron chi connectivity index (χ1n) is 8.09. The van der Waals surface area contributed by atoms with E-state index in [0.717, 1.165) is 11.1 Å². The SMILES string of the molecule is COc1ccc(C(=O)CN=C[C@@]2(C)[C@H](C(=O)O)N3C(=O)C[C@H]3S2(=O)=O)cc1. The Morgan fingerprint density at radius 3 is 2.52 bits per heavy atom. The number of fused-ring (bicyclic) bond motifs is 1. The van der Waals surface area contributed by atoms with Crippen molar-refractivity contribution in [3.63, 3.8) is 0 Å². The molecule has 1 amide bonds. The number of aliphatic carboxylic acids is 1. The quantitative estimate of drug-likeness (QED) is 0.413. The van der Waals surface area contributed by atoms with Crippen LogP contribution >= 0.6 is 0 Å². The summed E-state index contributed by atoms with van der Waals surface area (Å²) in [4.78, 5) is 40.3. The molecule has 2 saturated heterocycles. The number of rotatable bonds is 6. The number of carboxylic acid groups (broad SMARTS) is 1. The molecule has 0 unspecified atom stereocenters. The molecule has 1 aromatic rings. The van der Waals surface area contributed by atoms with Crippen molar-refractivity contribution < 1.29 is 32.6 Å². The van der Waals surface area contributed by atoms with Gasteiger partial charge >= 0.3 is 5.97 Å². The highest BCUT2D eigenvalue weighted by atomic mass is 32.2. The molecular formula is C17H18N2O7S. The Morgan fingerprint density at radius 1 is 1.37 bits per heavy atom. The minimum Gasteiger partial charge on any atom is -0.497 e. The van der Waals surface area contributed by atoms with Gasteiger partial charge in [0.15, 0.2) is 21.7 Å². The number of ketones is 1. The molecular weight excluding hydrogens is 376 g/mol. The van der Waals surface area contributed by atoms with Gasteiger partial charge in [-0.1, -0.05) is 0 Å². The van der Waals surface area contributed by atoms with Gasteiger partial charge in [0.05, 0.1) is 13.5 Å². The highest BCUT2D eigenvalue weighted by Crippen LogP contribution is 2.45. The van der Waals surface area contributed by atoms with E-state index in [-0.39, 0.29) is 18.7 Å².